The zero-order chi connectivity index (χ0) is 22.0. The maximum Gasteiger partial charge on any atom is 0.310 e. The van der Waals surface area contributed by atoms with Gasteiger partial charge in [-0.25, -0.2) is 4.39 Å². The van der Waals surface area contributed by atoms with E-state index in [0.29, 0.717) is 17.2 Å². The molecule has 1 aliphatic rings. The third kappa shape index (κ3) is 4.28. The number of nitro benzene ring substituents is 1. The van der Waals surface area contributed by atoms with E-state index in [1.807, 2.05) is 0 Å². The molecule has 31 heavy (non-hydrogen) atoms. The lowest BCUT2D eigenvalue weighted by atomic mass is 10.2. The highest BCUT2D eigenvalue weighted by atomic mass is 32.1. The predicted molar refractivity (Wildman–Crippen MR) is 114 cm³/mol. The van der Waals surface area contributed by atoms with Crippen molar-refractivity contribution in [3.05, 3.63) is 93.8 Å². The molecule has 4 rings (SSSR count). The summed E-state index contributed by atoms with van der Waals surface area (Å²) in [5, 5.41) is 14.0. The molecular formula is C21H14FN3O5S. The van der Waals surface area contributed by atoms with Crippen LogP contribution in [0.3, 0.4) is 0 Å². The molecule has 1 aromatic heterocycles. The Balaban J connectivity index is 1.47. The van der Waals surface area contributed by atoms with Crippen molar-refractivity contribution in [2.75, 3.05) is 4.90 Å². The summed E-state index contributed by atoms with van der Waals surface area (Å²) in [6, 6.07) is 14.7. The summed E-state index contributed by atoms with van der Waals surface area (Å²) < 4.78 is 24.3. The van der Waals surface area contributed by atoms with Crippen molar-refractivity contribution in [2.24, 2.45) is 0 Å². The predicted octanol–water partition coefficient (Wildman–Crippen LogP) is 4.17. The lowest BCUT2D eigenvalue weighted by molar-refractivity contribution is -0.386. The van der Waals surface area contributed by atoms with Gasteiger partial charge in [-0.2, -0.15) is 0 Å². The smallest absolute Gasteiger partial charge is 0.310 e. The summed E-state index contributed by atoms with van der Waals surface area (Å²) in [6.07, 6.45) is 1.48. The van der Waals surface area contributed by atoms with Crippen molar-refractivity contribution in [3.8, 4) is 5.75 Å². The van der Waals surface area contributed by atoms with Gasteiger partial charge in [-0.05, 0) is 54.7 Å². The van der Waals surface area contributed by atoms with Gasteiger partial charge in [0.15, 0.2) is 10.9 Å². The van der Waals surface area contributed by atoms with E-state index in [9.17, 15) is 19.3 Å². The highest BCUT2D eigenvalue weighted by Gasteiger charge is 2.32. The van der Waals surface area contributed by atoms with Gasteiger partial charge in [0.2, 0.25) is 0 Å². The molecule has 10 heteroatoms. The van der Waals surface area contributed by atoms with Crippen LogP contribution in [0.2, 0.25) is 0 Å². The number of ether oxygens (including phenoxy) is 1. The Labute approximate surface area is 180 Å². The van der Waals surface area contributed by atoms with Crippen LogP contribution in [-0.2, 0) is 11.4 Å². The van der Waals surface area contributed by atoms with Gasteiger partial charge in [0.25, 0.3) is 5.91 Å². The number of amides is 1. The highest BCUT2D eigenvalue weighted by Crippen LogP contribution is 2.27. The van der Waals surface area contributed by atoms with Gasteiger partial charge in [0.1, 0.15) is 29.6 Å². The van der Waals surface area contributed by atoms with Gasteiger partial charge < -0.3 is 14.5 Å². The van der Waals surface area contributed by atoms with E-state index in [0.717, 1.165) is 0 Å². The van der Waals surface area contributed by atoms with Gasteiger partial charge >= 0.3 is 5.69 Å². The summed E-state index contributed by atoms with van der Waals surface area (Å²) in [6.45, 7) is -0.0322. The number of carbonyl (C=O) groups excluding carboxylic acids is 1. The van der Waals surface area contributed by atoms with E-state index in [1.165, 1.54) is 47.4 Å². The molecule has 0 atom stereocenters. The molecule has 1 saturated heterocycles. The fourth-order valence-corrected chi connectivity index (χ4v) is 3.23. The lowest BCUT2D eigenvalue weighted by Gasteiger charge is -2.13. The lowest BCUT2D eigenvalue weighted by Crippen LogP contribution is -2.30. The molecule has 1 amide bonds. The van der Waals surface area contributed by atoms with Crippen LogP contribution in [0.15, 0.2) is 70.8 Å². The number of anilines is 1. The summed E-state index contributed by atoms with van der Waals surface area (Å²) in [4.78, 5) is 24.5. The molecule has 0 bridgehead atoms. The molecule has 0 spiro atoms. The van der Waals surface area contributed by atoms with Gasteiger partial charge in [0.05, 0.1) is 10.6 Å². The Bertz CT molecular complexity index is 1210. The zero-order valence-corrected chi connectivity index (χ0v) is 16.6. The first-order valence-electron chi connectivity index (χ1n) is 9.00. The molecule has 1 aliphatic heterocycles. The summed E-state index contributed by atoms with van der Waals surface area (Å²) in [7, 11) is 0. The number of nitrogens with one attached hydrogen (secondary N) is 1. The molecule has 1 fully saturated rings. The molecular weight excluding hydrogens is 425 g/mol. The number of benzene rings is 2. The molecule has 0 radical (unpaired) electrons. The third-order valence-electron chi connectivity index (χ3n) is 4.36. The average Bonchev–Trinajstić information content (AvgIpc) is 3.31. The molecule has 0 unspecified atom stereocenters. The molecule has 8 nitrogen and oxygen atoms in total. The number of furan rings is 1. The van der Waals surface area contributed by atoms with Crippen molar-refractivity contribution < 1.29 is 23.3 Å². The summed E-state index contributed by atoms with van der Waals surface area (Å²) in [5.74, 6) is 0.0628. The number of para-hydroxylation sites is 2. The maximum atomic E-state index is 13.1. The standard InChI is InChI=1S/C21H14FN3O5S/c22-13-5-7-14(8-6-13)24-20(26)17(23-21(24)31)11-15-9-10-16(30-15)12-29-19-4-2-1-3-18(19)25(27)28/h1-11H,12H2,(H,23,31)/b17-11+. The number of carbonyl (C=O) groups is 1. The number of nitrogens with zero attached hydrogens (tertiary/aromatic N) is 2. The number of hydrogen-bond donors (Lipinski definition) is 1. The Morgan fingerprint density at radius 1 is 1.16 bits per heavy atom. The van der Waals surface area contributed by atoms with Crippen LogP contribution in [0.25, 0.3) is 6.08 Å². The highest BCUT2D eigenvalue weighted by molar-refractivity contribution is 7.80. The Hall–Kier alpha value is -4.05. The number of thiocarbonyl (C=S) groups is 1. The fourth-order valence-electron chi connectivity index (χ4n) is 2.93. The van der Waals surface area contributed by atoms with Crippen LogP contribution in [0.5, 0.6) is 5.75 Å². The van der Waals surface area contributed by atoms with Crippen LogP contribution < -0.4 is 15.0 Å². The average molecular weight is 439 g/mol. The summed E-state index contributed by atoms with van der Waals surface area (Å²) in [5.41, 5.74) is 0.478. The van der Waals surface area contributed by atoms with Crippen molar-refractivity contribution in [2.45, 2.75) is 6.61 Å². The zero-order valence-electron chi connectivity index (χ0n) is 15.8. The van der Waals surface area contributed by atoms with Crippen LogP contribution in [0, 0.1) is 15.9 Å². The fraction of sp³-hybridized carbons (Fsp3) is 0.0476. The first-order valence-corrected chi connectivity index (χ1v) is 9.41. The first kappa shape index (κ1) is 20.2. The van der Waals surface area contributed by atoms with Gasteiger partial charge in [-0.15, -0.1) is 0 Å². The van der Waals surface area contributed by atoms with Crippen LogP contribution in [0.4, 0.5) is 15.8 Å². The third-order valence-corrected chi connectivity index (χ3v) is 4.65. The molecule has 2 heterocycles. The Morgan fingerprint density at radius 3 is 2.65 bits per heavy atom. The topological polar surface area (TPSA) is 97.8 Å². The number of rotatable bonds is 6. The molecule has 3 aromatic rings. The van der Waals surface area contributed by atoms with Crippen molar-refractivity contribution in [1.82, 2.24) is 5.32 Å². The monoisotopic (exact) mass is 439 g/mol. The first-order chi connectivity index (χ1) is 14.9. The van der Waals surface area contributed by atoms with Gasteiger partial charge in [-0.1, -0.05) is 12.1 Å². The quantitative estimate of drug-likeness (QED) is 0.266. The Kier molecular flexibility index (Phi) is 5.46. The van der Waals surface area contributed by atoms with E-state index in [2.05, 4.69) is 5.32 Å². The van der Waals surface area contributed by atoms with Crippen LogP contribution in [0.1, 0.15) is 11.5 Å². The number of halogens is 1. The van der Waals surface area contributed by atoms with E-state index >= 15 is 0 Å². The minimum atomic E-state index is -0.527. The van der Waals surface area contributed by atoms with Gasteiger partial charge in [0, 0.05) is 12.1 Å². The molecule has 0 aliphatic carbocycles. The van der Waals surface area contributed by atoms with Crippen LogP contribution >= 0.6 is 12.2 Å². The normalized spacial score (nSPS) is 14.7. The van der Waals surface area contributed by atoms with E-state index < -0.39 is 16.6 Å². The second kappa shape index (κ2) is 8.36. The van der Waals surface area contributed by atoms with E-state index in [-0.39, 0.29) is 28.9 Å². The van der Waals surface area contributed by atoms with Crippen molar-refractivity contribution in [3.63, 3.8) is 0 Å². The minimum Gasteiger partial charge on any atom is -0.479 e. The molecule has 1 N–H and O–H groups in total. The van der Waals surface area contributed by atoms with Crippen molar-refractivity contribution in [1.29, 1.82) is 0 Å². The second-order valence-electron chi connectivity index (χ2n) is 6.42. The van der Waals surface area contributed by atoms with Crippen molar-refractivity contribution >= 4 is 40.7 Å². The molecule has 156 valence electrons. The minimum absolute atomic E-state index is 0.0322. The Morgan fingerprint density at radius 2 is 1.90 bits per heavy atom. The van der Waals surface area contributed by atoms with Gasteiger partial charge in [-0.3, -0.25) is 19.8 Å². The van der Waals surface area contributed by atoms with E-state index in [4.69, 9.17) is 21.4 Å². The second-order valence-corrected chi connectivity index (χ2v) is 6.81. The molecule has 0 saturated carbocycles. The number of hydrogen-bond acceptors (Lipinski definition) is 6. The SMILES string of the molecule is O=C1/C(=C\c2ccc(COc3ccccc3[N+](=O)[O-])o2)NC(=S)N1c1ccc(F)cc1. The summed E-state index contributed by atoms with van der Waals surface area (Å²) >= 11 is 5.21. The van der Waals surface area contributed by atoms with E-state index in [1.54, 1.807) is 24.3 Å². The van der Waals surface area contributed by atoms with Crippen LogP contribution in [-0.4, -0.2) is 15.9 Å². The molecule has 2 aromatic carbocycles. The maximum absolute atomic E-state index is 13.1. The largest absolute Gasteiger partial charge is 0.479 e. The number of nitro groups is 1.